The number of fused-ring (bicyclic) bond motifs is 9. The van der Waals surface area contributed by atoms with E-state index in [-0.39, 0.29) is 5.92 Å². The molecule has 0 aromatic heterocycles. The fraction of sp³-hybridized carbons (Fsp3) is 0.929. The van der Waals surface area contributed by atoms with Crippen LogP contribution in [0.15, 0.2) is 0 Å². The van der Waals surface area contributed by atoms with Crippen LogP contribution in [0.2, 0.25) is 0 Å². The summed E-state index contributed by atoms with van der Waals surface area (Å²) in [4.78, 5) is 12.0. The number of ketones is 1. The van der Waals surface area contributed by atoms with Crippen molar-refractivity contribution in [2.24, 2.45) is 41.4 Å². The van der Waals surface area contributed by atoms with Crippen LogP contribution in [0.25, 0.3) is 0 Å². The summed E-state index contributed by atoms with van der Waals surface area (Å²) in [7, 11) is -4.01. The van der Waals surface area contributed by atoms with Crippen molar-refractivity contribution in [3.63, 3.8) is 0 Å². The molecule has 7 atom stereocenters. The number of carbonyl (C=O) groups excluding carboxylic acids is 1. The Morgan fingerprint density at radius 1 is 0.950 bits per heavy atom. The van der Waals surface area contributed by atoms with Crippen molar-refractivity contribution in [1.82, 2.24) is 0 Å². The lowest BCUT2D eigenvalue weighted by Gasteiger charge is -2.38. The van der Waals surface area contributed by atoms with Crippen LogP contribution in [-0.4, -0.2) is 19.5 Å². The molecule has 112 valence electrons. The van der Waals surface area contributed by atoms with Gasteiger partial charge in [0.15, 0.2) is 0 Å². The van der Waals surface area contributed by atoms with Crippen molar-refractivity contribution < 1.29 is 22.0 Å². The molecule has 4 bridgehead atoms. The fourth-order valence-corrected chi connectivity index (χ4v) is 6.53. The van der Waals surface area contributed by atoms with E-state index in [2.05, 4.69) is 0 Å². The first-order valence-electron chi connectivity index (χ1n) is 7.48. The van der Waals surface area contributed by atoms with Gasteiger partial charge >= 0.3 is 5.25 Å². The number of carbonyl (C=O) groups is 1. The lowest BCUT2D eigenvalue weighted by molar-refractivity contribution is -0.140. The molecule has 0 radical (unpaired) electrons. The molecule has 20 heavy (non-hydrogen) atoms. The van der Waals surface area contributed by atoms with Gasteiger partial charge in [-0.15, -0.1) is 0 Å². The first-order chi connectivity index (χ1) is 9.41. The maximum Gasteiger partial charge on any atom is 0.400 e. The Morgan fingerprint density at radius 3 is 2.25 bits per heavy atom. The van der Waals surface area contributed by atoms with Crippen LogP contribution in [0.4, 0.5) is 8.78 Å². The topological polar surface area (TPSA) is 51.2 Å². The predicted octanol–water partition coefficient (Wildman–Crippen LogP) is 2.08. The Balaban J connectivity index is 1.61. The van der Waals surface area contributed by atoms with Crippen LogP contribution in [0.1, 0.15) is 32.1 Å². The van der Waals surface area contributed by atoms with E-state index >= 15 is 0 Å². The number of hydrogen-bond donors (Lipinski definition) is 1. The average molecular weight is 304 g/mol. The van der Waals surface area contributed by atoms with E-state index in [0.29, 0.717) is 30.1 Å². The summed E-state index contributed by atoms with van der Waals surface area (Å²) in [5.74, 6) is 0.756. The normalized spacial score (nSPS) is 49.0. The van der Waals surface area contributed by atoms with Crippen LogP contribution >= 0.6 is 0 Å². The highest BCUT2D eigenvalue weighted by Crippen LogP contribution is 2.69. The van der Waals surface area contributed by atoms with Gasteiger partial charge in [-0.2, -0.15) is 8.78 Å². The molecule has 0 aromatic carbocycles. The third kappa shape index (κ3) is 1.49. The zero-order chi connectivity index (χ0) is 14.2. The lowest BCUT2D eigenvalue weighted by Crippen LogP contribution is -2.42. The Bertz CT molecular complexity index is 537. The Labute approximate surface area is 118 Å². The van der Waals surface area contributed by atoms with Gasteiger partial charge in [0.05, 0.1) is 0 Å². The van der Waals surface area contributed by atoms with Gasteiger partial charge in [-0.1, -0.05) is 0 Å². The number of alkyl halides is 2. The molecule has 3 nitrogen and oxygen atoms in total. The summed E-state index contributed by atoms with van der Waals surface area (Å²) in [6.07, 6.45) is 4.99. The fourth-order valence-electron chi connectivity index (χ4n) is 6.18. The molecule has 0 aliphatic heterocycles. The Kier molecular flexibility index (Phi) is 2.65. The van der Waals surface area contributed by atoms with Crippen molar-refractivity contribution >= 4 is 16.5 Å². The van der Waals surface area contributed by atoms with E-state index < -0.39 is 27.7 Å². The molecule has 0 aromatic rings. The minimum absolute atomic E-state index is 0.0219. The van der Waals surface area contributed by atoms with Crippen LogP contribution < -0.4 is 0 Å². The standard InChI is InChI=1S/C14H18F2O3S/c15-14(16,20(18)19)13(17)10-5-8-4-9(10)12-7-2-1-6(3-7)11(8)12/h6-12,20H,1-5H2. The van der Waals surface area contributed by atoms with Gasteiger partial charge in [-0.05, 0) is 67.6 Å². The molecule has 0 spiro atoms. The van der Waals surface area contributed by atoms with Gasteiger partial charge in [0.25, 0.3) is 0 Å². The number of thiol groups is 1. The summed E-state index contributed by atoms with van der Waals surface area (Å²) in [5.41, 5.74) is 0. The predicted molar refractivity (Wildman–Crippen MR) is 67.8 cm³/mol. The first kappa shape index (κ1) is 13.2. The van der Waals surface area contributed by atoms with E-state index in [9.17, 15) is 22.0 Å². The van der Waals surface area contributed by atoms with Crippen molar-refractivity contribution in [2.45, 2.75) is 37.4 Å². The van der Waals surface area contributed by atoms with Crippen LogP contribution in [0, 0.1) is 41.4 Å². The second kappa shape index (κ2) is 4.02. The number of Topliss-reactive ketones (excluding diaryl/α,β-unsaturated/α-hetero) is 1. The van der Waals surface area contributed by atoms with Crippen molar-refractivity contribution in [3.05, 3.63) is 0 Å². The van der Waals surface area contributed by atoms with E-state index in [4.69, 9.17) is 0 Å². The third-order valence-corrected chi connectivity index (χ3v) is 7.28. The molecule has 7 unspecified atom stereocenters. The van der Waals surface area contributed by atoms with Gasteiger partial charge in [-0.3, -0.25) is 4.79 Å². The van der Waals surface area contributed by atoms with E-state index in [1.165, 1.54) is 19.3 Å². The maximum absolute atomic E-state index is 13.5. The van der Waals surface area contributed by atoms with Crippen LogP contribution in [-0.2, 0) is 15.5 Å². The molecular weight excluding hydrogens is 286 g/mol. The SMILES string of the molecule is O=C(C1CC2CC1C1C3CCC(C3)C21)C(F)(F)[SH](=O)=O. The average Bonchev–Trinajstić information content (AvgIpc) is 3.14. The minimum atomic E-state index is -4.17. The molecule has 0 saturated heterocycles. The number of rotatable bonds is 3. The Hall–Kier alpha value is -0.520. The highest BCUT2D eigenvalue weighted by molar-refractivity contribution is 7.74. The van der Waals surface area contributed by atoms with Crippen molar-refractivity contribution in [2.75, 3.05) is 0 Å². The molecule has 4 saturated carbocycles. The smallest absolute Gasteiger partial charge is 0.291 e. The van der Waals surface area contributed by atoms with E-state index in [0.717, 1.165) is 12.3 Å². The minimum Gasteiger partial charge on any atom is -0.291 e. The summed E-state index contributed by atoms with van der Waals surface area (Å²) in [5, 5.41) is -4.17. The third-order valence-electron chi connectivity index (χ3n) is 6.60. The van der Waals surface area contributed by atoms with Gasteiger partial charge in [0.1, 0.15) is 0 Å². The highest BCUT2D eigenvalue weighted by Gasteiger charge is 2.65. The van der Waals surface area contributed by atoms with Crippen LogP contribution in [0.5, 0.6) is 0 Å². The molecular formula is C14H18F2O3S. The molecule has 4 fully saturated rings. The summed E-state index contributed by atoms with van der Waals surface area (Å²) in [6, 6.07) is 0. The van der Waals surface area contributed by atoms with Gasteiger partial charge in [-0.25, -0.2) is 8.42 Å². The molecule has 4 rings (SSSR count). The number of halogens is 2. The lowest BCUT2D eigenvalue weighted by atomic mass is 9.66. The summed E-state index contributed by atoms with van der Waals surface area (Å²) in [6.45, 7) is 0. The maximum atomic E-state index is 13.5. The first-order valence-corrected chi connectivity index (χ1v) is 8.65. The molecule has 0 amide bonds. The van der Waals surface area contributed by atoms with E-state index in [1.807, 2.05) is 0 Å². The van der Waals surface area contributed by atoms with Gasteiger partial charge < -0.3 is 0 Å². The second-order valence-electron chi connectivity index (χ2n) is 7.15. The molecule has 0 N–H and O–H groups in total. The molecule has 4 aliphatic rings. The summed E-state index contributed by atoms with van der Waals surface area (Å²) < 4.78 is 48.3. The Morgan fingerprint density at radius 2 is 1.60 bits per heavy atom. The summed E-state index contributed by atoms with van der Waals surface area (Å²) >= 11 is 0. The quantitative estimate of drug-likeness (QED) is 0.641. The monoisotopic (exact) mass is 304 g/mol. The van der Waals surface area contributed by atoms with E-state index in [1.54, 1.807) is 0 Å². The molecule has 6 heteroatoms. The zero-order valence-electron chi connectivity index (χ0n) is 11.0. The zero-order valence-corrected chi connectivity index (χ0v) is 11.9. The van der Waals surface area contributed by atoms with Crippen molar-refractivity contribution in [3.8, 4) is 0 Å². The van der Waals surface area contributed by atoms with Gasteiger partial charge in [0, 0.05) is 5.92 Å². The van der Waals surface area contributed by atoms with Crippen LogP contribution in [0.3, 0.4) is 0 Å². The largest absolute Gasteiger partial charge is 0.400 e. The highest BCUT2D eigenvalue weighted by atomic mass is 32.2. The molecule has 4 aliphatic carbocycles. The second-order valence-corrected chi connectivity index (χ2v) is 8.23. The van der Waals surface area contributed by atoms with Gasteiger partial charge in [0.2, 0.25) is 16.5 Å². The molecule has 0 heterocycles. The number of hydrogen-bond acceptors (Lipinski definition) is 3. The van der Waals surface area contributed by atoms with Crippen molar-refractivity contribution in [1.29, 1.82) is 0 Å².